The largest absolute Gasteiger partial charge is 0.497 e. The summed E-state index contributed by atoms with van der Waals surface area (Å²) in [6.07, 6.45) is 0. The molecule has 0 atom stereocenters. The van der Waals surface area contributed by atoms with Crippen LogP contribution in [0.25, 0.3) is 0 Å². The highest BCUT2D eigenvalue weighted by atomic mass is 16.5. The Bertz CT molecular complexity index is 437. The van der Waals surface area contributed by atoms with Gasteiger partial charge in [-0.2, -0.15) is 0 Å². The molecule has 0 saturated heterocycles. The van der Waals surface area contributed by atoms with Crippen molar-refractivity contribution >= 4 is 5.78 Å². The Labute approximate surface area is 107 Å². The van der Waals surface area contributed by atoms with Gasteiger partial charge in [0.2, 0.25) is 0 Å². The molecule has 0 fully saturated rings. The molecule has 0 aromatic heterocycles. The lowest BCUT2D eigenvalue weighted by molar-refractivity contribution is 0.101. The van der Waals surface area contributed by atoms with Crippen molar-refractivity contribution in [2.45, 2.75) is 13.8 Å². The Hall–Kier alpha value is -1.97. The molecule has 18 heavy (non-hydrogen) atoms. The van der Waals surface area contributed by atoms with Gasteiger partial charge in [0.05, 0.1) is 19.3 Å². The summed E-state index contributed by atoms with van der Waals surface area (Å²) >= 11 is 0. The molecule has 0 saturated carbocycles. The lowest BCUT2D eigenvalue weighted by Crippen LogP contribution is -2.07. The Morgan fingerprint density at radius 2 is 2.11 bits per heavy atom. The number of rotatable bonds is 7. The first-order valence-electron chi connectivity index (χ1n) is 5.70. The van der Waals surface area contributed by atoms with E-state index in [0.29, 0.717) is 29.4 Å². The van der Waals surface area contributed by atoms with Crippen molar-refractivity contribution in [1.82, 2.24) is 0 Å². The van der Waals surface area contributed by atoms with E-state index in [0.717, 1.165) is 0 Å². The van der Waals surface area contributed by atoms with Crippen LogP contribution in [-0.2, 0) is 4.74 Å². The molecule has 0 spiro atoms. The van der Waals surface area contributed by atoms with Crippen molar-refractivity contribution in [3.8, 4) is 11.5 Å². The molecule has 4 heteroatoms. The van der Waals surface area contributed by atoms with Crippen LogP contribution in [0.2, 0.25) is 0 Å². The second-order valence-corrected chi connectivity index (χ2v) is 3.68. The number of Topliss-reactive ketones (excluding diaryl/α,β-unsaturated/α-hetero) is 1. The van der Waals surface area contributed by atoms with Crippen LogP contribution in [0.5, 0.6) is 11.5 Å². The van der Waals surface area contributed by atoms with Gasteiger partial charge in [-0.05, 0) is 32.0 Å². The van der Waals surface area contributed by atoms with Gasteiger partial charge in [0.15, 0.2) is 5.78 Å². The topological polar surface area (TPSA) is 44.8 Å². The lowest BCUT2D eigenvalue weighted by Gasteiger charge is -2.12. The summed E-state index contributed by atoms with van der Waals surface area (Å²) in [4.78, 5) is 11.5. The van der Waals surface area contributed by atoms with Gasteiger partial charge >= 0.3 is 0 Å². The molecule has 1 aromatic rings. The fourth-order valence-corrected chi connectivity index (χ4v) is 1.44. The van der Waals surface area contributed by atoms with E-state index in [-0.39, 0.29) is 12.4 Å². The molecule has 98 valence electrons. The highest BCUT2D eigenvalue weighted by Crippen LogP contribution is 2.25. The Kier molecular flexibility index (Phi) is 5.24. The number of methoxy groups -OCH3 is 1. The third kappa shape index (κ3) is 3.80. The SMILES string of the molecule is C=C(COc1ccc(OC)cc1C(C)=O)OCC. The van der Waals surface area contributed by atoms with Gasteiger partial charge in [-0.3, -0.25) is 4.79 Å². The summed E-state index contributed by atoms with van der Waals surface area (Å²) < 4.78 is 15.8. The Morgan fingerprint density at radius 1 is 1.39 bits per heavy atom. The Morgan fingerprint density at radius 3 is 2.67 bits per heavy atom. The summed E-state index contributed by atoms with van der Waals surface area (Å²) in [5.74, 6) is 1.58. The second kappa shape index (κ2) is 6.69. The molecule has 0 heterocycles. The molecule has 0 radical (unpaired) electrons. The maximum absolute atomic E-state index is 11.5. The molecular weight excluding hydrogens is 232 g/mol. The third-order valence-corrected chi connectivity index (χ3v) is 2.30. The third-order valence-electron chi connectivity index (χ3n) is 2.30. The van der Waals surface area contributed by atoms with E-state index in [1.807, 2.05) is 6.92 Å². The van der Waals surface area contributed by atoms with Crippen LogP contribution in [0.3, 0.4) is 0 Å². The molecule has 0 aliphatic heterocycles. The molecule has 4 nitrogen and oxygen atoms in total. The van der Waals surface area contributed by atoms with Gasteiger partial charge in [0.25, 0.3) is 0 Å². The molecule has 1 aromatic carbocycles. The van der Waals surface area contributed by atoms with Gasteiger partial charge in [0.1, 0.15) is 23.9 Å². The van der Waals surface area contributed by atoms with Gasteiger partial charge in [-0.15, -0.1) is 0 Å². The highest BCUT2D eigenvalue weighted by molar-refractivity contribution is 5.97. The lowest BCUT2D eigenvalue weighted by atomic mass is 10.1. The average molecular weight is 250 g/mol. The van der Waals surface area contributed by atoms with Crippen LogP contribution in [0.15, 0.2) is 30.5 Å². The zero-order valence-electron chi connectivity index (χ0n) is 11.0. The van der Waals surface area contributed by atoms with Crippen molar-refractivity contribution in [3.63, 3.8) is 0 Å². The van der Waals surface area contributed by atoms with Crippen molar-refractivity contribution in [2.24, 2.45) is 0 Å². The molecule has 0 N–H and O–H groups in total. The fraction of sp³-hybridized carbons (Fsp3) is 0.357. The van der Waals surface area contributed by atoms with Gasteiger partial charge in [-0.1, -0.05) is 6.58 Å². The van der Waals surface area contributed by atoms with Gasteiger partial charge < -0.3 is 14.2 Å². The van der Waals surface area contributed by atoms with Crippen LogP contribution in [0.4, 0.5) is 0 Å². The molecule has 0 aliphatic carbocycles. The minimum Gasteiger partial charge on any atom is -0.497 e. The molecule has 0 amide bonds. The normalized spacial score (nSPS) is 9.72. The minimum absolute atomic E-state index is 0.0778. The maximum atomic E-state index is 11.5. The van der Waals surface area contributed by atoms with E-state index >= 15 is 0 Å². The zero-order valence-corrected chi connectivity index (χ0v) is 11.0. The molecular formula is C14H18O4. The minimum atomic E-state index is -0.0778. The molecule has 0 bridgehead atoms. The number of hydrogen-bond donors (Lipinski definition) is 0. The highest BCUT2D eigenvalue weighted by Gasteiger charge is 2.10. The van der Waals surface area contributed by atoms with E-state index < -0.39 is 0 Å². The molecule has 1 rings (SSSR count). The fourth-order valence-electron chi connectivity index (χ4n) is 1.44. The summed E-state index contributed by atoms with van der Waals surface area (Å²) in [6, 6.07) is 5.10. The Balaban J connectivity index is 2.81. The van der Waals surface area contributed by atoms with E-state index in [2.05, 4.69) is 6.58 Å². The number of ketones is 1. The van der Waals surface area contributed by atoms with Crippen LogP contribution < -0.4 is 9.47 Å². The van der Waals surface area contributed by atoms with Crippen LogP contribution >= 0.6 is 0 Å². The first kappa shape index (κ1) is 14.1. The van der Waals surface area contributed by atoms with E-state index in [1.165, 1.54) is 6.92 Å². The number of carbonyl (C=O) groups excluding carboxylic acids is 1. The maximum Gasteiger partial charge on any atom is 0.163 e. The number of carbonyl (C=O) groups is 1. The zero-order chi connectivity index (χ0) is 13.5. The van der Waals surface area contributed by atoms with Crippen LogP contribution in [0, 0.1) is 0 Å². The van der Waals surface area contributed by atoms with Crippen LogP contribution in [-0.4, -0.2) is 26.1 Å². The van der Waals surface area contributed by atoms with E-state index in [9.17, 15) is 4.79 Å². The van der Waals surface area contributed by atoms with Crippen LogP contribution in [0.1, 0.15) is 24.2 Å². The molecule has 0 unspecified atom stereocenters. The number of hydrogen-bond acceptors (Lipinski definition) is 4. The number of benzene rings is 1. The number of ether oxygens (including phenoxy) is 3. The standard InChI is InChI=1S/C14H18O4/c1-5-17-10(2)9-18-14-7-6-12(16-4)8-13(14)11(3)15/h6-8H,2,5,9H2,1,3-4H3. The summed E-state index contributed by atoms with van der Waals surface area (Å²) in [7, 11) is 1.55. The quantitative estimate of drug-likeness (QED) is 0.551. The predicted octanol–water partition coefficient (Wildman–Crippen LogP) is 2.83. The van der Waals surface area contributed by atoms with Gasteiger partial charge in [0, 0.05) is 0 Å². The van der Waals surface area contributed by atoms with Gasteiger partial charge in [-0.25, -0.2) is 0 Å². The first-order chi connectivity index (χ1) is 8.58. The van der Waals surface area contributed by atoms with E-state index in [4.69, 9.17) is 14.2 Å². The monoisotopic (exact) mass is 250 g/mol. The van der Waals surface area contributed by atoms with Crippen molar-refractivity contribution in [1.29, 1.82) is 0 Å². The average Bonchev–Trinajstić information content (AvgIpc) is 2.36. The summed E-state index contributed by atoms with van der Waals surface area (Å²) in [5, 5.41) is 0. The summed E-state index contributed by atoms with van der Waals surface area (Å²) in [5.41, 5.74) is 0.485. The van der Waals surface area contributed by atoms with E-state index in [1.54, 1.807) is 25.3 Å². The predicted molar refractivity (Wildman–Crippen MR) is 69.3 cm³/mol. The molecule has 0 aliphatic rings. The first-order valence-corrected chi connectivity index (χ1v) is 5.70. The van der Waals surface area contributed by atoms with Crippen molar-refractivity contribution in [3.05, 3.63) is 36.1 Å². The smallest absolute Gasteiger partial charge is 0.163 e. The second-order valence-electron chi connectivity index (χ2n) is 3.68. The van der Waals surface area contributed by atoms with Crippen molar-refractivity contribution in [2.75, 3.05) is 20.3 Å². The van der Waals surface area contributed by atoms with Crippen molar-refractivity contribution < 1.29 is 19.0 Å². The summed E-state index contributed by atoms with van der Waals surface area (Å²) in [6.45, 7) is 7.84.